The molecule has 1 heteroatoms. The van der Waals surface area contributed by atoms with Gasteiger partial charge in [0.05, 0.1) is 11.4 Å². The first kappa shape index (κ1) is 8.82. The van der Waals surface area contributed by atoms with Gasteiger partial charge in [-0.2, -0.15) is 0 Å². The summed E-state index contributed by atoms with van der Waals surface area (Å²) in [7, 11) is 0. The Morgan fingerprint density at radius 2 is 1.41 bits per heavy atom. The fourth-order valence-corrected chi connectivity index (χ4v) is 2.46. The summed E-state index contributed by atoms with van der Waals surface area (Å²) in [4.78, 5) is 2.31. The normalized spacial score (nSPS) is 12.6. The average Bonchev–Trinajstić information content (AvgIpc) is 3.14. The highest BCUT2D eigenvalue weighted by Gasteiger charge is 2.32. The topological polar surface area (TPSA) is 3.01 Å². The molecule has 0 radical (unpaired) electrons. The van der Waals surface area contributed by atoms with Crippen LogP contribution < -0.4 is 4.90 Å². The molecule has 0 saturated carbocycles. The highest BCUT2D eigenvalue weighted by molar-refractivity contribution is 6.15. The Bertz CT molecular complexity index is 701. The molecule has 1 nitrogen and oxygen atoms in total. The summed E-state index contributed by atoms with van der Waals surface area (Å²) < 4.78 is 0. The van der Waals surface area contributed by atoms with Crippen molar-refractivity contribution < 1.29 is 0 Å². The van der Waals surface area contributed by atoms with E-state index in [0.29, 0.717) is 0 Å². The molecule has 0 atom stereocenters. The van der Waals surface area contributed by atoms with Crippen LogP contribution in [0.3, 0.4) is 0 Å². The van der Waals surface area contributed by atoms with Gasteiger partial charge in [0, 0.05) is 11.1 Å². The molecule has 0 amide bonds. The molecule has 0 unspecified atom stereocenters. The van der Waals surface area contributed by atoms with Gasteiger partial charge in [0.15, 0.2) is 0 Å². The second-order valence-corrected chi connectivity index (χ2v) is 4.33. The van der Waals surface area contributed by atoms with Crippen molar-refractivity contribution in [2.24, 2.45) is 0 Å². The smallest absolute Gasteiger partial charge is 0.0782 e. The second-order valence-electron chi connectivity index (χ2n) is 4.33. The summed E-state index contributed by atoms with van der Waals surface area (Å²) in [6.07, 6.45) is 0. The molecule has 3 aromatic carbocycles. The van der Waals surface area contributed by atoms with Crippen molar-refractivity contribution in [3.05, 3.63) is 66.7 Å². The zero-order valence-electron chi connectivity index (χ0n) is 9.30. The van der Waals surface area contributed by atoms with Crippen LogP contribution in [0, 0.1) is 0 Å². The van der Waals surface area contributed by atoms with E-state index >= 15 is 0 Å². The molecular formula is C16H11N. The number of fused-ring (bicyclic) bond motifs is 3. The summed E-state index contributed by atoms with van der Waals surface area (Å²) in [6.45, 7) is 0. The van der Waals surface area contributed by atoms with Crippen LogP contribution in [-0.4, -0.2) is 0 Å². The zero-order chi connectivity index (χ0) is 11.2. The van der Waals surface area contributed by atoms with Crippen molar-refractivity contribution in [1.29, 1.82) is 0 Å². The van der Waals surface area contributed by atoms with Crippen molar-refractivity contribution in [1.82, 2.24) is 0 Å². The highest BCUT2D eigenvalue weighted by Crippen LogP contribution is 2.56. The maximum Gasteiger partial charge on any atom is 0.0782 e. The molecule has 0 aromatic heterocycles. The van der Waals surface area contributed by atoms with Gasteiger partial charge in [0.1, 0.15) is 0 Å². The molecule has 0 spiro atoms. The Morgan fingerprint density at radius 1 is 0.647 bits per heavy atom. The van der Waals surface area contributed by atoms with E-state index in [4.69, 9.17) is 0 Å². The third kappa shape index (κ3) is 1.19. The van der Waals surface area contributed by atoms with Crippen LogP contribution in [0.4, 0.5) is 17.1 Å². The quantitative estimate of drug-likeness (QED) is 0.420. The van der Waals surface area contributed by atoms with E-state index in [1.54, 1.807) is 0 Å². The van der Waals surface area contributed by atoms with E-state index in [9.17, 15) is 0 Å². The molecule has 0 bridgehead atoms. The third-order valence-corrected chi connectivity index (χ3v) is 3.31. The maximum absolute atomic E-state index is 2.31. The van der Waals surface area contributed by atoms with Gasteiger partial charge in [-0.15, -0.1) is 0 Å². The van der Waals surface area contributed by atoms with Crippen molar-refractivity contribution in [2.45, 2.75) is 0 Å². The van der Waals surface area contributed by atoms with E-state index < -0.39 is 0 Å². The van der Waals surface area contributed by atoms with Crippen LogP contribution in [0.1, 0.15) is 0 Å². The lowest BCUT2D eigenvalue weighted by molar-refractivity contribution is 1.50. The largest absolute Gasteiger partial charge is 0.306 e. The molecule has 17 heavy (non-hydrogen) atoms. The van der Waals surface area contributed by atoms with E-state index in [1.807, 2.05) is 0 Å². The van der Waals surface area contributed by atoms with Crippen LogP contribution in [0.25, 0.3) is 10.8 Å². The Labute approximate surface area is 99.9 Å². The SMILES string of the molecule is c1ccc(N2c3ccc4ccccc4c32)cc1. The lowest BCUT2D eigenvalue weighted by Crippen LogP contribution is -1.86. The monoisotopic (exact) mass is 217 g/mol. The van der Waals surface area contributed by atoms with E-state index in [1.165, 1.54) is 27.8 Å². The van der Waals surface area contributed by atoms with Crippen molar-refractivity contribution in [3.8, 4) is 0 Å². The van der Waals surface area contributed by atoms with Gasteiger partial charge in [-0.3, -0.25) is 0 Å². The summed E-state index contributed by atoms with van der Waals surface area (Å²) in [5.41, 5.74) is 3.93. The molecule has 1 aliphatic heterocycles. The molecule has 80 valence electrons. The summed E-state index contributed by atoms with van der Waals surface area (Å²) in [6, 6.07) is 23.4. The molecule has 1 heterocycles. The van der Waals surface area contributed by atoms with E-state index in [0.717, 1.165) is 0 Å². The molecule has 4 rings (SSSR count). The number of para-hydroxylation sites is 1. The summed E-state index contributed by atoms with van der Waals surface area (Å²) in [5.74, 6) is 0. The van der Waals surface area contributed by atoms with Gasteiger partial charge in [-0.05, 0) is 23.6 Å². The van der Waals surface area contributed by atoms with Crippen LogP contribution >= 0.6 is 0 Å². The standard InChI is InChI=1S/C16H11N/c1-2-7-13(8-3-1)17-15-11-10-12-6-4-5-9-14(12)16(15)17/h1-11H. The number of hydrogen-bond donors (Lipinski definition) is 0. The first-order valence-corrected chi connectivity index (χ1v) is 5.82. The van der Waals surface area contributed by atoms with E-state index in [2.05, 4.69) is 71.6 Å². The number of rotatable bonds is 1. The molecule has 1 aliphatic rings. The molecule has 0 N–H and O–H groups in total. The van der Waals surface area contributed by atoms with Crippen molar-refractivity contribution >= 4 is 27.8 Å². The summed E-state index contributed by atoms with van der Waals surface area (Å²) in [5, 5.41) is 2.65. The van der Waals surface area contributed by atoms with Gasteiger partial charge >= 0.3 is 0 Å². The molecular weight excluding hydrogens is 206 g/mol. The van der Waals surface area contributed by atoms with Crippen LogP contribution in [0.15, 0.2) is 66.7 Å². The predicted octanol–water partition coefficient (Wildman–Crippen LogP) is 4.62. The van der Waals surface area contributed by atoms with E-state index in [-0.39, 0.29) is 0 Å². The van der Waals surface area contributed by atoms with Crippen LogP contribution in [-0.2, 0) is 0 Å². The number of nitrogens with zero attached hydrogens (tertiary/aromatic N) is 1. The molecule has 3 aromatic rings. The Kier molecular flexibility index (Phi) is 1.61. The molecule has 0 fully saturated rings. The van der Waals surface area contributed by atoms with Crippen LogP contribution in [0.2, 0.25) is 0 Å². The van der Waals surface area contributed by atoms with Crippen LogP contribution in [0.5, 0.6) is 0 Å². The first-order chi connectivity index (χ1) is 8.45. The van der Waals surface area contributed by atoms with Gasteiger partial charge in [-0.1, -0.05) is 48.5 Å². The Balaban J connectivity index is 1.91. The minimum Gasteiger partial charge on any atom is -0.306 e. The molecule has 0 aliphatic carbocycles. The van der Waals surface area contributed by atoms with Crippen molar-refractivity contribution in [3.63, 3.8) is 0 Å². The fourth-order valence-electron chi connectivity index (χ4n) is 2.46. The van der Waals surface area contributed by atoms with Crippen molar-refractivity contribution in [2.75, 3.05) is 4.90 Å². The summed E-state index contributed by atoms with van der Waals surface area (Å²) >= 11 is 0. The molecule has 0 saturated heterocycles. The third-order valence-electron chi connectivity index (χ3n) is 3.31. The minimum absolute atomic E-state index is 1.25. The number of anilines is 3. The van der Waals surface area contributed by atoms with Gasteiger partial charge in [-0.25, -0.2) is 0 Å². The first-order valence-electron chi connectivity index (χ1n) is 5.82. The number of hydrogen-bond acceptors (Lipinski definition) is 1. The predicted molar refractivity (Wildman–Crippen MR) is 72.2 cm³/mol. The minimum atomic E-state index is 1.25. The average molecular weight is 217 g/mol. The Morgan fingerprint density at radius 3 is 2.29 bits per heavy atom. The van der Waals surface area contributed by atoms with Gasteiger partial charge in [0.25, 0.3) is 0 Å². The maximum atomic E-state index is 2.31. The lowest BCUT2D eigenvalue weighted by Gasteiger charge is -2.01. The second kappa shape index (κ2) is 3.11. The number of benzene rings is 3. The van der Waals surface area contributed by atoms with Gasteiger partial charge < -0.3 is 4.90 Å². The fraction of sp³-hybridized carbons (Fsp3) is 0. The Hall–Kier alpha value is -2.28. The zero-order valence-corrected chi connectivity index (χ0v) is 9.30. The highest BCUT2D eigenvalue weighted by atomic mass is 15.3. The van der Waals surface area contributed by atoms with Gasteiger partial charge in [0.2, 0.25) is 0 Å². The lowest BCUT2D eigenvalue weighted by atomic mass is 10.1.